The average Bonchev–Trinajstić information content (AvgIpc) is 2.28. The molecule has 0 radical (unpaired) electrons. The van der Waals surface area contributed by atoms with Crippen molar-refractivity contribution in [3.8, 4) is 0 Å². The van der Waals surface area contributed by atoms with Crippen LogP contribution in [0.5, 0.6) is 0 Å². The fourth-order valence-electron chi connectivity index (χ4n) is 1.92. The molecule has 0 aromatic heterocycles. The quantitative estimate of drug-likeness (QED) is 0.834. The zero-order chi connectivity index (χ0) is 13.8. The van der Waals surface area contributed by atoms with Gasteiger partial charge in [0.2, 0.25) is 0 Å². The second kappa shape index (κ2) is 6.41. The molecule has 1 aromatic rings. The maximum atomic E-state index is 9.90. The van der Waals surface area contributed by atoms with Gasteiger partial charge in [-0.25, -0.2) is 0 Å². The topological polar surface area (TPSA) is 35.5 Å². The Morgan fingerprint density at radius 1 is 1.39 bits per heavy atom. The highest BCUT2D eigenvalue weighted by Gasteiger charge is 2.18. The molecule has 0 heterocycles. The van der Waals surface area contributed by atoms with E-state index < -0.39 is 5.60 Å². The molecular formula is C14H23ClN2O. The lowest BCUT2D eigenvalue weighted by Gasteiger charge is -2.30. The van der Waals surface area contributed by atoms with Crippen molar-refractivity contribution in [2.24, 2.45) is 0 Å². The molecule has 0 bridgehead atoms. The first-order chi connectivity index (χ1) is 8.37. The van der Waals surface area contributed by atoms with Crippen molar-refractivity contribution >= 4 is 17.3 Å². The van der Waals surface area contributed by atoms with Crippen LogP contribution in [0.4, 0.5) is 5.69 Å². The third-order valence-corrected chi connectivity index (χ3v) is 3.08. The molecule has 4 heteroatoms. The fraction of sp³-hybridized carbons (Fsp3) is 0.571. The van der Waals surface area contributed by atoms with Gasteiger partial charge >= 0.3 is 0 Å². The van der Waals surface area contributed by atoms with Gasteiger partial charge in [-0.05, 0) is 45.5 Å². The van der Waals surface area contributed by atoms with Crippen molar-refractivity contribution in [1.29, 1.82) is 0 Å². The first kappa shape index (κ1) is 15.3. The first-order valence-electron chi connectivity index (χ1n) is 6.27. The zero-order valence-electron chi connectivity index (χ0n) is 11.6. The van der Waals surface area contributed by atoms with Gasteiger partial charge in [0, 0.05) is 30.3 Å². The van der Waals surface area contributed by atoms with Crippen LogP contribution in [0.25, 0.3) is 0 Å². The summed E-state index contributed by atoms with van der Waals surface area (Å²) in [6.45, 7) is 7.88. The molecule has 18 heavy (non-hydrogen) atoms. The van der Waals surface area contributed by atoms with E-state index in [-0.39, 0.29) is 0 Å². The van der Waals surface area contributed by atoms with Gasteiger partial charge in [-0.2, -0.15) is 0 Å². The molecule has 0 aliphatic heterocycles. The van der Waals surface area contributed by atoms with Crippen LogP contribution in [0.3, 0.4) is 0 Å². The molecule has 0 unspecified atom stereocenters. The Labute approximate surface area is 115 Å². The molecule has 102 valence electrons. The molecule has 0 aliphatic carbocycles. The van der Waals surface area contributed by atoms with E-state index in [2.05, 4.69) is 17.1 Å². The number of aliphatic hydroxyl groups is 1. The van der Waals surface area contributed by atoms with Crippen molar-refractivity contribution in [3.05, 3.63) is 28.8 Å². The van der Waals surface area contributed by atoms with E-state index in [1.807, 2.05) is 39.1 Å². The summed E-state index contributed by atoms with van der Waals surface area (Å²) in [6, 6.07) is 6.04. The summed E-state index contributed by atoms with van der Waals surface area (Å²) in [7, 11) is 1.90. The molecule has 1 aromatic carbocycles. The Balaban J connectivity index is 2.90. The van der Waals surface area contributed by atoms with E-state index in [0.717, 1.165) is 29.4 Å². The molecule has 1 rings (SSSR count). The molecule has 0 fully saturated rings. The lowest BCUT2D eigenvalue weighted by molar-refractivity contribution is 0.0876. The Morgan fingerprint density at radius 3 is 2.50 bits per heavy atom. The van der Waals surface area contributed by atoms with Crippen molar-refractivity contribution in [2.45, 2.75) is 32.9 Å². The summed E-state index contributed by atoms with van der Waals surface area (Å²) >= 11 is 6.25. The van der Waals surface area contributed by atoms with Crippen LogP contribution in [0.1, 0.15) is 26.3 Å². The molecule has 0 spiro atoms. The van der Waals surface area contributed by atoms with Gasteiger partial charge < -0.3 is 15.3 Å². The smallest absolute Gasteiger partial charge is 0.0765 e. The van der Waals surface area contributed by atoms with Crippen LogP contribution in [0.2, 0.25) is 5.02 Å². The van der Waals surface area contributed by atoms with Crippen molar-refractivity contribution in [3.63, 3.8) is 0 Å². The molecule has 2 N–H and O–H groups in total. The Morgan fingerprint density at radius 2 is 2.06 bits per heavy atom. The highest BCUT2D eigenvalue weighted by molar-refractivity contribution is 6.31. The standard InChI is InChI=1S/C14H23ClN2O/c1-5-17(10-14(2,3)18)12-7-6-11(9-16-4)13(15)8-12/h6-8,16,18H,5,9-10H2,1-4H3. The number of rotatable bonds is 6. The van der Waals surface area contributed by atoms with E-state index in [0.29, 0.717) is 6.54 Å². The van der Waals surface area contributed by atoms with Crippen LogP contribution in [0.15, 0.2) is 18.2 Å². The number of nitrogens with one attached hydrogen (secondary N) is 1. The molecule has 3 nitrogen and oxygen atoms in total. The third kappa shape index (κ3) is 4.48. The van der Waals surface area contributed by atoms with E-state index in [1.54, 1.807) is 0 Å². The van der Waals surface area contributed by atoms with E-state index in [4.69, 9.17) is 11.6 Å². The SMILES string of the molecule is CCN(CC(C)(C)O)c1ccc(CNC)c(Cl)c1. The van der Waals surface area contributed by atoms with Crippen LogP contribution < -0.4 is 10.2 Å². The average molecular weight is 271 g/mol. The Hall–Kier alpha value is -0.770. The van der Waals surface area contributed by atoms with Gasteiger partial charge in [0.05, 0.1) is 5.60 Å². The third-order valence-electron chi connectivity index (χ3n) is 2.73. The number of halogens is 1. The summed E-state index contributed by atoms with van der Waals surface area (Å²) in [6.07, 6.45) is 0. The summed E-state index contributed by atoms with van der Waals surface area (Å²) < 4.78 is 0. The summed E-state index contributed by atoms with van der Waals surface area (Å²) in [5.41, 5.74) is 1.42. The maximum Gasteiger partial charge on any atom is 0.0765 e. The fourth-order valence-corrected chi connectivity index (χ4v) is 2.16. The Kier molecular flexibility index (Phi) is 5.45. The predicted molar refractivity (Wildman–Crippen MR) is 78.4 cm³/mol. The van der Waals surface area contributed by atoms with Gasteiger partial charge in [0.25, 0.3) is 0 Å². The van der Waals surface area contributed by atoms with Gasteiger partial charge in [-0.1, -0.05) is 17.7 Å². The second-order valence-corrected chi connectivity index (χ2v) is 5.54. The molecular weight excluding hydrogens is 248 g/mol. The van der Waals surface area contributed by atoms with E-state index in [9.17, 15) is 5.11 Å². The van der Waals surface area contributed by atoms with Gasteiger partial charge in [-0.3, -0.25) is 0 Å². The lowest BCUT2D eigenvalue weighted by atomic mass is 10.1. The number of benzene rings is 1. The lowest BCUT2D eigenvalue weighted by Crippen LogP contribution is -2.38. The summed E-state index contributed by atoms with van der Waals surface area (Å²) in [4.78, 5) is 2.12. The second-order valence-electron chi connectivity index (χ2n) is 5.13. The minimum Gasteiger partial charge on any atom is -0.389 e. The summed E-state index contributed by atoms with van der Waals surface area (Å²) in [5, 5.41) is 13.8. The van der Waals surface area contributed by atoms with Gasteiger partial charge in [0.1, 0.15) is 0 Å². The first-order valence-corrected chi connectivity index (χ1v) is 6.65. The highest BCUT2D eigenvalue weighted by atomic mass is 35.5. The number of nitrogens with zero attached hydrogens (tertiary/aromatic N) is 1. The van der Waals surface area contributed by atoms with Crippen molar-refractivity contribution in [2.75, 3.05) is 25.0 Å². The minimum absolute atomic E-state index is 0.588. The number of likely N-dealkylation sites (N-methyl/N-ethyl adjacent to an activating group) is 1. The number of anilines is 1. The monoisotopic (exact) mass is 270 g/mol. The van der Waals surface area contributed by atoms with Crippen LogP contribution in [-0.2, 0) is 6.54 Å². The van der Waals surface area contributed by atoms with Crippen LogP contribution >= 0.6 is 11.6 Å². The maximum absolute atomic E-state index is 9.90. The normalized spacial score (nSPS) is 11.7. The van der Waals surface area contributed by atoms with Crippen LogP contribution in [-0.4, -0.2) is 30.8 Å². The number of hydrogen-bond donors (Lipinski definition) is 2. The van der Waals surface area contributed by atoms with E-state index in [1.165, 1.54) is 0 Å². The molecule has 0 aliphatic rings. The number of hydrogen-bond acceptors (Lipinski definition) is 3. The molecule has 0 amide bonds. The predicted octanol–water partition coefficient (Wildman–Crippen LogP) is 2.66. The van der Waals surface area contributed by atoms with E-state index >= 15 is 0 Å². The Bertz CT molecular complexity index is 388. The minimum atomic E-state index is -0.716. The van der Waals surface area contributed by atoms with Gasteiger partial charge in [-0.15, -0.1) is 0 Å². The molecule has 0 saturated carbocycles. The zero-order valence-corrected chi connectivity index (χ0v) is 12.4. The largest absolute Gasteiger partial charge is 0.389 e. The van der Waals surface area contributed by atoms with Crippen molar-refractivity contribution in [1.82, 2.24) is 5.32 Å². The van der Waals surface area contributed by atoms with Crippen LogP contribution in [0, 0.1) is 0 Å². The highest BCUT2D eigenvalue weighted by Crippen LogP contribution is 2.24. The molecule has 0 saturated heterocycles. The van der Waals surface area contributed by atoms with Crippen molar-refractivity contribution < 1.29 is 5.11 Å². The molecule has 0 atom stereocenters. The summed E-state index contributed by atoms with van der Waals surface area (Å²) in [5.74, 6) is 0. The van der Waals surface area contributed by atoms with Gasteiger partial charge in [0.15, 0.2) is 0 Å².